The van der Waals surface area contributed by atoms with Crippen molar-refractivity contribution in [1.29, 1.82) is 0 Å². The van der Waals surface area contributed by atoms with E-state index in [0.29, 0.717) is 34.3 Å². The second kappa shape index (κ2) is 8.31. The number of benzene rings is 1. The van der Waals surface area contributed by atoms with Crippen molar-refractivity contribution in [1.82, 2.24) is 19.7 Å². The number of ether oxygens (including phenoxy) is 1. The maximum Gasteiger partial charge on any atom is 0.256 e. The first-order valence-electron chi connectivity index (χ1n) is 9.65. The average molecular weight is 419 g/mol. The highest BCUT2D eigenvalue weighted by Gasteiger charge is 2.18. The lowest BCUT2D eigenvalue weighted by molar-refractivity contribution is 0.102. The number of nitrogens with zero attached hydrogens (tertiary/aromatic N) is 3. The van der Waals surface area contributed by atoms with E-state index in [4.69, 9.17) is 9.15 Å². The van der Waals surface area contributed by atoms with Crippen LogP contribution in [0.5, 0.6) is 5.75 Å². The molecule has 9 heteroatoms. The number of methoxy groups -OCH3 is 1. The van der Waals surface area contributed by atoms with Crippen LogP contribution in [0.1, 0.15) is 35.8 Å². The number of furan rings is 1. The number of hydrogen-bond acceptors (Lipinski definition) is 6. The lowest BCUT2D eigenvalue weighted by Gasteiger charge is -2.10. The number of aromatic amines is 1. The van der Waals surface area contributed by atoms with Crippen LogP contribution in [0, 0.1) is 0 Å². The molecule has 31 heavy (non-hydrogen) atoms. The van der Waals surface area contributed by atoms with Crippen molar-refractivity contribution in [2.24, 2.45) is 0 Å². The lowest BCUT2D eigenvalue weighted by Crippen LogP contribution is -2.19. The minimum absolute atomic E-state index is 0.0379. The van der Waals surface area contributed by atoms with Gasteiger partial charge in [-0.05, 0) is 36.2 Å². The number of H-pyrrole nitrogens is 1. The van der Waals surface area contributed by atoms with E-state index >= 15 is 0 Å². The van der Waals surface area contributed by atoms with E-state index in [-0.39, 0.29) is 23.3 Å². The maximum absolute atomic E-state index is 12.9. The molecule has 0 aliphatic heterocycles. The molecule has 0 bridgehead atoms. The highest BCUT2D eigenvalue weighted by atomic mass is 16.5. The standard InChI is InChI=1S/C22H21N5O4/c1-13(2)16-12-20(28)25-22(23-16)27-19(11-17(26-27)18-8-5-9-31-18)24-21(29)14-6-4-7-15(10-14)30-3/h4-13H,1-3H3,(H,24,29)(H,23,25,28). The maximum atomic E-state index is 12.9. The van der Waals surface area contributed by atoms with Gasteiger partial charge in [0.25, 0.3) is 11.5 Å². The number of hydrogen-bond donors (Lipinski definition) is 2. The highest BCUT2D eigenvalue weighted by molar-refractivity contribution is 6.04. The molecule has 3 heterocycles. The largest absolute Gasteiger partial charge is 0.497 e. The zero-order valence-electron chi connectivity index (χ0n) is 17.2. The SMILES string of the molecule is COc1cccc(C(=O)Nc2cc(-c3ccco3)nn2-c2nc(C(C)C)cc(=O)[nH]2)c1. The first-order chi connectivity index (χ1) is 14.9. The van der Waals surface area contributed by atoms with Crippen molar-refractivity contribution in [3.63, 3.8) is 0 Å². The number of rotatable bonds is 6. The summed E-state index contributed by atoms with van der Waals surface area (Å²) < 4.78 is 12.0. The minimum atomic E-state index is -0.367. The van der Waals surface area contributed by atoms with Crippen molar-refractivity contribution < 1.29 is 13.9 Å². The van der Waals surface area contributed by atoms with E-state index in [1.807, 2.05) is 13.8 Å². The van der Waals surface area contributed by atoms with Gasteiger partial charge in [-0.1, -0.05) is 19.9 Å². The Hall–Kier alpha value is -4.14. The molecule has 2 N–H and O–H groups in total. The summed E-state index contributed by atoms with van der Waals surface area (Å²) in [6, 6.07) is 13.4. The van der Waals surface area contributed by atoms with E-state index in [1.165, 1.54) is 24.1 Å². The van der Waals surface area contributed by atoms with Crippen LogP contribution in [0.4, 0.5) is 5.82 Å². The van der Waals surface area contributed by atoms with E-state index in [0.717, 1.165) is 0 Å². The number of amides is 1. The molecule has 0 spiro atoms. The Balaban J connectivity index is 1.78. The fourth-order valence-electron chi connectivity index (χ4n) is 2.99. The van der Waals surface area contributed by atoms with Gasteiger partial charge in [-0.15, -0.1) is 0 Å². The van der Waals surface area contributed by atoms with E-state index in [9.17, 15) is 9.59 Å². The molecule has 3 aromatic heterocycles. The van der Waals surface area contributed by atoms with Gasteiger partial charge in [0.1, 0.15) is 17.3 Å². The number of anilines is 1. The molecular weight excluding hydrogens is 398 g/mol. The van der Waals surface area contributed by atoms with Gasteiger partial charge >= 0.3 is 0 Å². The molecule has 0 aliphatic rings. The first-order valence-corrected chi connectivity index (χ1v) is 9.65. The third-order valence-corrected chi connectivity index (χ3v) is 4.60. The van der Waals surface area contributed by atoms with Crippen LogP contribution in [0.3, 0.4) is 0 Å². The molecule has 0 fully saturated rings. The topological polar surface area (TPSA) is 115 Å². The van der Waals surface area contributed by atoms with Gasteiger partial charge in [-0.25, -0.2) is 4.98 Å². The molecule has 0 radical (unpaired) electrons. The molecule has 4 aromatic rings. The van der Waals surface area contributed by atoms with Crippen LogP contribution in [-0.4, -0.2) is 32.8 Å². The second-order valence-electron chi connectivity index (χ2n) is 7.14. The van der Waals surface area contributed by atoms with Crippen LogP contribution in [0.25, 0.3) is 17.4 Å². The molecule has 0 saturated carbocycles. The summed E-state index contributed by atoms with van der Waals surface area (Å²) in [5.41, 5.74) is 1.18. The summed E-state index contributed by atoms with van der Waals surface area (Å²) in [5.74, 6) is 1.26. The summed E-state index contributed by atoms with van der Waals surface area (Å²) >= 11 is 0. The molecule has 0 atom stereocenters. The van der Waals surface area contributed by atoms with Crippen molar-refractivity contribution in [2.45, 2.75) is 19.8 Å². The Labute approximate surface area is 177 Å². The number of carbonyl (C=O) groups is 1. The zero-order valence-corrected chi connectivity index (χ0v) is 17.2. The van der Waals surface area contributed by atoms with E-state index < -0.39 is 0 Å². The van der Waals surface area contributed by atoms with Crippen molar-refractivity contribution in [3.05, 3.63) is 76.4 Å². The smallest absolute Gasteiger partial charge is 0.256 e. The molecule has 1 aromatic carbocycles. The summed E-state index contributed by atoms with van der Waals surface area (Å²) in [4.78, 5) is 32.3. The lowest BCUT2D eigenvalue weighted by atomic mass is 10.1. The van der Waals surface area contributed by atoms with Crippen LogP contribution >= 0.6 is 0 Å². The Kier molecular flexibility index (Phi) is 5.40. The molecule has 158 valence electrons. The zero-order chi connectivity index (χ0) is 22.0. The molecule has 4 rings (SSSR count). The Bertz CT molecular complexity index is 1270. The van der Waals surface area contributed by atoms with Gasteiger partial charge in [0, 0.05) is 17.7 Å². The van der Waals surface area contributed by atoms with Gasteiger partial charge in [0.2, 0.25) is 5.95 Å². The normalized spacial score (nSPS) is 11.0. The van der Waals surface area contributed by atoms with Crippen LogP contribution in [-0.2, 0) is 0 Å². The predicted octanol–water partition coefficient (Wildman–Crippen LogP) is 3.60. The highest BCUT2D eigenvalue weighted by Crippen LogP contribution is 2.25. The van der Waals surface area contributed by atoms with Crippen LogP contribution in [0.2, 0.25) is 0 Å². The quantitative estimate of drug-likeness (QED) is 0.493. The van der Waals surface area contributed by atoms with Crippen molar-refractivity contribution in [3.8, 4) is 23.2 Å². The van der Waals surface area contributed by atoms with E-state index in [2.05, 4.69) is 20.4 Å². The van der Waals surface area contributed by atoms with Crippen molar-refractivity contribution >= 4 is 11.7 Å². The molecule has 0 unspecified atom stereocenters. The summed E-state index contributed by atoms with van der Waals surface area (Å²) in [6.07, 6.45) is 1.53. The first kappa shape index (κ1) is 20.1. The van der Waals surface area contributed by atoms with Gasteiger partial charge in [0.05, 0.1) is 19.1 Å². The summed E-state index contributed by atoms with van der Waals surface area (Å²) in [5, 5.41) is 7.33. The summed E-state index contributed by atoms with van der Waals surface area (Å²) in [7, 11) is 1.53. The fraction of sp³-hybridized carbons (Fsp3) is 0.182. The molecule has 9 nitrogen and oxygen atoms in total. The number of carbonyl (C=O) groups excluding carboxylic acids is 1. The van der Waals surface area contributed by atoms with Gasteiger partial charge in [-0.3, -0.25) is 14.6 Å². The van der Waals surface area contributed by atoms with E-state index in [1.54, 1.807) is 42.5 Å². The third-order valence-electron chi connectivity index (χ3n) is 4.60. The molecule has 0 saturated heterocycles. The molecule has 1 amide bonds. The minimum Gasteiger partial charge on any atom is -0.497 e. The number of nitrogens with one attached hydrogen (secondary N) is 2. The Morgan fingerprint density at radius 2 is 2.03 bits per heavy atom. The third kappa shape index (κ3) is 4.25. The monoisotopic (exact) mass is 419 g/mol. The summed E-state index contributed by atoms with van der Waals surface area (Å²) in [6.45, 7) is 3.88. The average Bonchev–Trinajstić information content (AvgIpc) is 3.43. The van der Waals surface area contributed by atoms with Crippen LogP contribution < -0.4 is 15.6 Å². The second-order valence-corrected chi connectivity index (χ2v) is 7.14. The van der Waals surface area contributed by atoms with Crippen LogP contribution in [0.15, 0.2) is 64.0 Å². The predicted molar refractivity (Wildman–Crippen MR) is 115 cm³/mol. The van der Waals surface area contributed by atoms with Gasteiger partial charge in [-0.2, -0.15) is 9.78 Å². The van der Waals surface area contributed by atoms with Crippen molar-refractivity contribution in [2.75, 3.05) is 12.4 Å². The Morgan fingerprint density at radius 3 is 2.74 bits per heavy atom. The number of aromatic nitrogens is 4. The Morgan fingerprint density at radius 1 is 1.19 bits per heavy atom. The fourth-order valence-corrected chi connectivity index (χ4v) is 2.99. The molecule has 0 aliphatic carbocycles. The van der Waals surface area contributed by atoms with Gasteiger partial charge in [0.15, 0.2) is 5.76 Å². The van der Waals surface area contributed by atoms with Gasteiger partial charge < -0.3 is 14.5 Å². The molecular formula is C22H21N5O4.